The summed E-state index contributed by atoms with van der Waals surface area (Å²) in [5.74, 6) is -0.0225. The van der Waals surface area contributed by atoms with Gasteiger partial charge in [-0.15, -0.1) is 0 Å². The molecule has 0 aromatic heterocycles. The normalized spacial score (nSPS) is 17.5. The minimum Gasteiger partial charge on any atom is -0.507 e. The molecular weight excluding hydrogens is 300 g/mol. The second kappa shape index (κ2) is 5.81. The average Bonchev–Trinajstić information content (AvgIpc) is 2.96. The van der Waals surface area contributed by atoms with Gasteiger partial charge in [0.2, 0.25) is 5.91 Å². The molecule has 2 aromatic carbocycles. The smallest absolute Gasteiger partial charge is 0.240 e. The molecule has 0 spiro atoms. The number of rotatable bonds is 2. The van der Waals surface area contributed by atoms with Gasteiger partial charge in [-0.05, 0) is 23.8 Å². The summed E-state index contributed by atoms with van der Waals surface area (Å²) >= 11 is 6.00. The molecule has 1 aliphatic rings. The fourth-order valence-corrected chi connectivity index (χ4v) is 2.81. The molecule has 1 aliphatic heterocycles. The molecule has 0 unspecified atom stereocenters. The van der Waals surface area contributed by atoms with Crippen LogP contribution in [0.15, 0.2) is 53.6 Å². The average molecular weight is 315 g/mol. The van der Waals surface area contributed by atoms with Crippen molar-refractivity contribution in [2.45, 2.75) is 19.4 Å². The predicted molar refractivity (Wildman–Crippen MR) is 86.0 cm³/mol. The number of hydrogen-bond donors (Lipinski definition) is 1. The third-order valence-electron chi connectivity index (χ3n) is 3.69. The van der Waals surface area contributed by atoms with Crippen molar-refractivity contribution in [2.75, 3.05) is 0 Å². The highest BCUT2D eigenvalue weighted by atomic mass is 35.5. The summed E-state index contributed by atoms with van der Waals surface area (Å²) < 4.78 is 0. The van der Waals surface area contributed by atoms with Gasteiger partial charge in [0.05, 0.1) is 11.8 Å². The molecule has 1 amide bonds. The Morgan fingerprint density at radius 2 is 2.00 bits per heavy atom. The number of hydrazone groups is 1. The van der Waals surface area contributed by atoms with Crippen molar-refractivity contribution in [1.29, 1.82) is 0 Å². The summed E-state index contributed by atoms with van der Waals surface area (Å²) in [6.45, 7) is 1.49. The van der Waals surface area contributed by atoms with Crippen LogP contribution in [0, 0.1) is 0 Å². The summed E-state index contributed by atoms with van der Waals surface area (Å²) in [5, 5.41) is 16.4. The molecule has 0 bridgehead atoms. The number of benzene rings is 2. The first-order chi connectivity index (χ1) is 10.6. The van der Waals surface area contributed by atoms with E-state index < -0.39 is 0 Å². The molecule has 22 heavy (non-hydrogen) atoms. The lowest BCUT2D eigenvalue weighted by molar-refractivity contribution is -0.130. The van der Waals surface area contributed by atoms with E-state index >= 15 is 0 Å². The Balaban J connectivity index is 2.00. The fraction of sp³-hybridized carbons (Fsp3) is 0.176. The predicted octanol–water partition coefficient (Wildman–Crippen LogP) is 3.74. The zero-order valence-corrected chi connectivity index (χ0v) is 12.8. The maximum absolute atomic E-state index is 11.9. The van der Waals surface area contributed by atoms with Crippen LogP contribution in [0.4, 0.5) is 0 Å². The Labute approximate surface area is 133 Å². The van der Waals surface area contributed by atoms with E-state index in [4.69, 9.17) is 11.6 Å². The molecule has 2 aromatic rings. The first-order valence-electron chi connectivity index (χ1n) is 6.97. The van der Waals surface area contributed by atoms with Gasteiger partial charge in [-0.2, -0.15) is 5.10 Å². The van der Waals surface area contributed by atoms with Crippen molar-refractivity contribution in [1.82, 2.24) is 5.01 Å². The van der Waals surface area contributed by atoms with Gasteiger partial charge in [0.15, 0.2) is 0 Å². The van der Waals surface area contributed by atoms with E-state index in [1.165, 1.54) is 18.0 Å². The molecule has 1 atom stereocenters. The number of halogens is 1. The quantitative estimate of drug-likeness (QED) is 0.918. The third kappa shape index (κ3) is 2.70. The van der Waals surface area contributed by atoms with E-state index in [-0.39, 0.29) is 17.7 Å². The molecule has 112 valence electrons. The second-order valence-corrected chi connectivity index (χ2v) is 5.64. The Bertz CT molecular complexity index is 744. The van der Waals surface area contributed by atoms with E-state index in [2.05, 4.69) is 5.10 Å². The number of carbonyl (C=O) groups excluding carboxylic acids is 1. The van der Waals surface area contributed by atoms with Crippen molar-refractivity contribution in [3.05, 3.63) is 64.7 Å². The van der Waals surface area contributed by atoms with Gasteiger partial charge >= 0.3 is 0 Å². The van der Waals surface area contributed by atoms with Crippen molar-refractivity contribution < 1.29 is 9.90 Å². The molecule has 0 radical (unpaired) electrons. The number of aromatic hydroxyl groups is 1. The van der Waals surface area contributed by atoms with Gasteiger partial charge in [0, 0.05) is 23.9 Å². The van der Waals surface area contributed by atoms with E-state index in [1.54, 1.807) is 12.1 Å². The zero-order valence-electron chi connectivity index (χ0n) is 12.0. The molecule has 0 saturated carbocycles. The largest absolute Gasteiger partial charge is 0.507 e. The second-order valence-electron chi connectivity index (χ2n) is 5.20. The van der Waals surface area contributed by atoms with Crippen LogP contribution in [-0.2, 0) is 4.79 Å². The highest BCUT2D eigenvalue weighted by Gasteiger charge is 2.32. The summed E-state index contributed by atoms with van der Waals surface area (Å²) in [5.41, 5.74) is 2.24. The molecular formula is C17H15ClN2O2. The third-order valence-corrected chi connectivity index (χ3v) is 3.92. The molecule has 3 rings (SSSR count). The van der Waals surface area contributed by atoms with Crippen molar-refractivity contribution in [3.8, 4) is 5.75 Å². The lowest BCUT2D eigenvalue weighted by atomic mass is 9.98. The standard InChI is InChI=1S/C17H15ClN2O2/c1-11(21)20-16(12-5-3-2-4-6-12)10-15(19-20)14-9-13(18)7-8-17(14)22/h2-9,16,22H,10H2,1H3/t16-/m0/s1. The van der Waals surface area contributed by atoms with Crippen LogP contribution in [0.3, 0.4) is 0 Å². The Morgan fingerprint density at radius 3 is 2.68 bits per heavy atom. The molecule has 5 heteroatoms. The number of phenols is 1. The van der Waals surface area contributed by atoms with Crippen LogP contribution >= 0.6 is 11.6 Å². The number of hydrogen-bond acceptors (Lipinski definition) is 3. The van der Waals surface area contributed by atoms with E-state index in [1.807, 2.05) is 30.3 Å². The first-order valence-corrected chi connectivity index (χ1v) is 7.35. The monoisotopic (exact) mass is 314 g/mol. The van der Waals surface area contributed by atoms with Crippen molar-refractivity contribution >= 4 is 23.2 Å². The summed E-state index contributed by atoms with van der Waals surface area (Å²) in [4.78, 5) is 11.9. The summed E-state index contributed by atoms with van der Waals surface area (Å²) in [7, 11) is 0. The minimum atomic E-state index is -0.160. The molecule has 1 heterocycles. The van der Waals surface area contributed by atoms with E-state index in [0.29, 0.717) is 22.7 Å². The van der Waals surface area contributed by atoms with Crippen LogP contribution < -0.4 is 0 Å². The van der Waals surface area contributed by atoms with Gasteiger partial charge in [0.25, 0.3) is 0 Å². The lowest BCUT2D eigenvalue weighted by Gasteiger charge is -2.20. The van der Waals surface area contributed by atoms with Gasteiger partial charge in [-0.1, -0.05) is 41.9 Å². The van der Waals surface area contributed by atoms with Gasteiger partial charge in [-0.3, -0.25) is 4.79 Å². The molecule has 0 fully saturated rings. The highest BCUT2D eigenvalue weighted by Crippen LogP contribution is 2.35. The molecule has 4 nitrogen and oxygen atoms in total. The van der Waals surface area contributed by atoms with Gasteiger partial charge in [0.1, 0.15) is 5.75 Å². The van der Waals surface area contributed by atoms with Crippen LogP contribution in [0.1, 0.15) is 30.5 Å². The first kappa shape index (κ1) is 14.6. The minimum absolute atomic E-state index is 0.111. The number of nitrogens with zero attached hydrogens (tertiary/aromatic N) is 2. The molecule has 1 N–H and O–H groups in total. The van der Waals surface area contributed by atoms with Crippen molar-refractivity contribution in [3.63, 3.8) is 0 Å². The highest BCUT2D eigenvalue weighted by molar-refractivity contribution is 6.31. The molecule has 0 saturated heterocycles. The number of carbonyl (C=O) groups is 1. The van der Waals surface area contributed by atoms with Crippen LogP contribution in [0.2, 0.25) is 5.02 Å². The van der Waals surface area contributed by atoms with Crippen LogP contribution in [0.5, 0.6) is 5.75 Å². The maximum atomic E-state index is 11.9. The lowest BCUT2D eigenvalue weighted by Crippen LogP contribution is -2.24. The zero-order chi connectivity index (χ0) is 15.7. The van der Waals surface area contributed by atoms with Crippen LogP contribution in [-0.4, -0.2) is 21.7 Å². The Hall–Kier alpha value is -2.33. The van der Waals surface area contributed by atoms with Gasteiger partial charge < -0.3 is 5.11 Å². The SMILES string of the molecule is CC(=O)N1N=C(c2cc(Cl)ccc2O)C[C@H]1c1ccccc1. The fourth-order valence-electron chi connectivity index (χ4n) is 2.64. The topological polar surface area (TPSA) is 52.9 Å². The number of amides is 1. The Kier molecular flexibility index (Phi) is 3.86. The van der Waals surface area contributed by atoms with E-state index in [0.717, 1.165) is 5.56 Å². The maximum Gasteiger partial charge on any atom is 0.240 e. The van der Waals surface area contributed by atoms with Gasteiger partial charge in [-0.25, -0.2) is 5.01 Å². The molecule has 0 aliphatic carbocycles. The summed E-state index contributed by atoms with van der Waals surface area (Å²) in [6, 6.07) is 14.4. The number of phenolic OH excluding ortho intramolecular Hbond substituents is 1. The Morgan fingerprint density at radius 1 is 1.27 bits per heavy atom. The van der Waals surface area contributed by atoms with E-state index in [9.17, 15) is 9.90 Å². The van der Waals surface area contributed by atoms with Crippen molar-refractivity contribution in [2.24, 2.45) is 5.10 Å². The van der Waals surface area contributed by atoms with Crippen LogP contribution in [0.25, 0.3) is 0 Å². The summed E-state index contributed by atoms with van der Waals surface area (Å²) in [6.07, 6.45) is 0.539.